The number of carbonyl (C=O) groups is 1. The molecular formula is C19H16BrNO3. The van der Waals surface area contributed by atoms with Crippen LogP contribution in [0.2, 0.25) is 0 Å². The van der Waals surface area contributed by atoms with Crippen molar-refractivity contribution in [2.24, 2.45) is 0 Å². The van der Waals surface area contributed by atoms with Crippen molar-refractivity contribution in [1.29, 1.82) is 5.26 Å². The van der Waals surface area contributed by atoms with Gasteiger partial charge in [0, 0.05) is 5.56 Å². The lowest BCUT2D eigenvalue weighted by Crippen LogP contribution is -1.97. The summed E-state index contributed by atoms with van der Waals surface area (Å²) in [5, 5.41) is 8.78. The van der Waals surface area contributed by atoms with Gasteiger partial charge in [-0.1, -0.05) is 6.08 Å². The Morgan fingerprint density at radius 2 is 2.00 bits per heavy atom. The van der Waals surface area contributed by atoms with Gasteiger partial charge in [-0.25, -0.2) is 0 Å². The molecular weight excluding hydrogens is 370 g/mol. The summed E-state index contributed by atoms with van der Waals surface area (Å²) in [6, 6.07) is 12.2. The molecule has 0 amide bonds. The lowest BCUT2D eigenvalue weighted by Gasteiger charge is -2.12. The number of ketones is 1. The van der Waals surface area contributed by atoms with E-state index >= 15 is 0 Å². The van der Waals surface area contributed by atoms with Crippen LogP contribution in [0.25, 0.3) is 6.08 Å². The Morgan fingerprint density at radius 1 is 1.29 bits per heavy atom. The van der Waals surface area contributed by atoms with E-state index in [2.05, 4.69) is 15.9 Å². The van der Waals surface area contributed by atoms with Gasteiger partial charge in [-0.15, -0.1) is 0 Å². The highest BCUT2D eigenvalue weighted by molar-refractivity contribution is 9.10. The second kappa shape index (κ2) is 8.32. The molecule has 0 atom stereocenters. The SMILES string of the molecule is CCOc1c(Br)cc(/C=C/C(=O)c2ccc(C#N)cc2)cc1OC. The topological polar surface area (TPSA) is 59.3 Å². The Hall–Kier alpha value is -2.58. The highest BCUT2D eigenvalue weighted by Gasteiger charge is 2.10. The number of hydrogen-bond donors (Lipinski definition) is 0. The molecule has 0 aromatic heterocycles. The van der Waals surface area contributed by atoms with Crippen molar-refractivity contribution in [2.45, 2.75) is 6.92 Å². The molecule has 2 aromatic carbocycles. The van der Waals surface area contributed by atoms with E-state index in [9.17, 15) is 4.79 Å². The number of hydrogen-bond acceptors (Lipinski definition) is 4. The van der Waals surface area contributed by atoms with Gasteiger partial charge in [-0.2, -0.15) is 5.26 Å². The first-order chi connectivity index (χ1) is 11.6. The third-order valence-electron chi connectivity index (χ3n) is 3.27. The monoisotopic (exact) mass is 385 g/mol. The van der Waals surface area contributed by atoms with Crippen LogP contribution in [0.3, 0.4) is 0 Å². The quantitative estimate of drug-likeness (QED) is 0.537. The van der Waals surface area contributed by atoms with Gasteiger partial charge in [0.15, 0.2) is 17.3 Å². The largest absolute Gasteiger partial charge is 0.493 e. The zero-order valence-corrected chi connectivity index (χ0v) is 15.0. The molecule has 0 unspecified atom stereocenters. The summed E-state index contributed by atoms with van der Waals surface area (Å²) in [7, 11) is 1.57. The first kappa shape index (κ1) is 17.8. The molecule has 0 saturated carbocycles. The van der Waals surface area contributed by atoms with E-state index in [0.29, 0.717) is 29.2 Å². The average molecular weight is 386 g/mol. The van der Waals surface area contributed by atoms with E-state index in [1.807, 2.05) is 19.1 Å². The summed E-state index contributed by atoms with van der Waals surface area (Å²) in [4.78, 5) is 12.2. The predicted molar refractivity (Wildman–Crippen MR) is 96.4 cm³/mol. The Morgan fingerprint density at radius 3 is 2.58 bits per heavy atom. The molecule has 0 fully saturated rings. The molecule has 24 heavy (non-hydrogen) atoms. The number of carbonyl (C=O) groups excluding carboxylic acids is 1. The Labute approximate surface area is 149 Å². The number of ether oxygens (including phenoxy) is 2. The Bertz CT molecular complexity index is 805. The van der Waals surface area contributed by atoms with Gasteiger partial charge >= 0.3 is 0 Å². The third kappa shape index (κ3) is 4.24. The van der Waals surface area contributed by atoms with Crippen molar-refractivity contribution in [1.82, 2.24) is 0 Å². The molecule has 0 aliphatic carbocycles. The standard InChI is InChI=1S/C19H16BrNO3/c1-3-24-19-16(20)10-14(11-18(19)23-2)6-9-17(22)15-7-4-13(12-21)5-8-15/h4-11H,3H2,1-2H3/b9-6+. The van der Waals surface area contributed by atoms with Gasteiger partial charge in [0.2, 0.25) is 0 Å². The van der Waals surface area contributed by atoms with Gasteiger partial charge in [0.1, 0.15) is 0 Å². The maximum absolute atomic E-state index is 12.2. The van der Waals surface area contributed by atoms with Crippen LogP contribution in [0.15, 0.2) is 46.9 Å². The Balaban J connectivity index is 2.23. The molecule has 122 valence electrons. The molecule has 0 bridgehead atoms. The zero-order valence-electron chi connectivity index (χ0n) is 13.4. The van der Waals surface area contributed by atoms with Crippen LogP contribution >= 0.6 is 15.9 Å². The number of nitrogens with zero attached hydrogens (tertiary/aromatic N) is 1. The second-order valence-corrected chi connectivity index (χ2v) is 5.71. The lowest BCUT2D eigenvalue weighted by molar-refractivity contribution is 0.104. The van der Waals surface area contributed by atoms with Crippen molar-refractivity contribution in [3.63, 3.8) is 0 Å². The highest BCUT2D eigenvalue weighted by atomic mass is 79.9. The molecule has 0 aliphatic heterocycles. The molecule has 0 N–H and O–H groups in total. The van der Waals surface area contributed by atoms with Gasteiger partial charge in [-0.3, -0.25) is 4.79 Å². The van der Waals surface area contributed by atoms with E-state index in [4.69, 9.17) is 14.7 Å². The molecule has 0 spiro atoms. The second-order valence-electron chi connectivity index (χ2n) is 4.85. The summed E-state index contributed by atoms with van der Waals surface area (Å²) < 4.78 is 11.6. The summed E-state index contributed by atoms with van der Waals surface area (Å²) >= 11 is 3.45. The van der Waals surface area contributed by atoms with E-state index in [1.165, 1.54) is 6.08 Å². The van der Waals surface area contributed by atoms with Gasteiger partial charge < -0.3 is 9.47 Å². The summed E-state index contributed by atoms with van der Waals surface area (Å²) in [5.41, 5.74) is 1.86. The lowest BCUT2D eigenvalue weighted by atomic mass is 10.1. The van der Waals surface area contributed by atoms with E-state index < -0.39 is 0 Å². The smallest absolute Gasteiger partial charge is 0.185 e. The van der Waals surface area contributed by atoms with Crippen molar-refractivity contribution < 1.29 is 14.3 Å². The van der Waals surface area contributed by atoms with Crippen molar-refractivity contribution >= 4 is 27.8 Å². The minimum Gasteiger partial charge on any atom is -0.493 e. The first-order valence-electron chi connectivity index (χ1n) is 7.32. The molecule has 2 rings (SSSR count). The first-order valence-corrected chi connectivity index (χ1v) is 8.11. The Kier molecular flexibility index (Phi) is 6.16. The predicted octanol–water partition coefficient (Wildman–Crippen LogP) is 4.62. The number of nitriles is 1. The normalized spacial score (nSPS) is 10.4. The molecule has 0 radical (unpaired) electrons. The van der Waals surface area contributed by atoms with Crippen LogP contribution in [0.5, 0.6) is 11.5 Å². The van der Waals surface area contributed by atoms with Gasteiger partial charge in [0.05, 0.1) is 29.8 Å². The zero-order chi connectivity index (χ0) is 17.5. The number of allylic oxidation sites excluding steroid dienone is 1. The maximum atomic E-state index is 12.2. The van der Waals surface area contributed by atoms with E-state index in [1.54, 1.807) is 43.5 Å². The molecule has 0 heterocycles. The number of rotatable bonds is 6. The molecule has 0 aliphatic rings. The molecule has 2 aromatic rings. The van der Waals surface area contributed by atoms with Crippen molar-refractivity contribution in [3.05, 3.63) is 63.6 Å². The molecule has 4 nitrogen and oxygen atoms in total. The minimum absolute atomic E-state index is 0.136. The van der Waals surface area contributed by atoms with E-state index in [-0.39, 0.29) is 5.78 Å². The third-order valence-corrected chi connectivity index (χ3v) is 3.86. The molecule has 0 saturated heterocycles. The van der Waals surface area contributed by atoms with Crippen LogP contribution in [0, 0.1) is 11.3 Å². The highest BCUT2D eigenvalue weighted by Crippen LogP contribution is 2.37. The molecule has 5 heteroatoms. The van der Waals surface area contributed by atoms with Crippen molar-refractivity contribution in [3.8, 4) is 17.6 Å². The van der Waals surface area contributed by atoms with Crippen LogP contribution in [-0.2, 0) is 0 Å². The fourth-order valence-electron chi connectivity index (χ4n) is 2.10. The maximum Gasteiger partial charge on any atom is 0.185 e. The van der Waals surface area contributed by atoms with Gasteiger partial charge in [0.25, 0.3) is 0 Å². The number of benzene rings is 2. The average Bonchev–Trinajstić information content (AvgIpc) is 2.61. The fourth-order valence-corrected chi connectivity index (χ4v) is 2.67. The summed E-state index contributed by atoms with van der Waals surface area (Å²) in [6.07, 6.45) is 3.20. The van der Waals surface area contributed by atoms with Crippen LogP contribution in [-0.4, -0.2) is 19.5 Å². The number of halogens is 1. The summed E-state index contributed by atoms with van der Waals surface area (Å²) in [6.45, 7) is 2.43. The van der Waals surface area contributed by atoms with E-state index in [0.717, 1.165) is 10.0 Å². The van der Waals surface area contributed by atoms with Crippen LogP contribution < -0.4 is 9.47 Å². The summed E-state index contributed by atoms with van der Waals surface area (Å²) in [5.74, 6) is 1.09. The minimum atomic E-state index is -0.136. The fraction of sp³-hybridized carbons (Fsp3) is 0.158. The van der Waals surface area contributed by atoms with Crippen molar-refractivity contribution in [2.75, 3.05) is 13.7 Å². The number of methoxy groups -OCH3 is 1. The van der Waals surface area contributed by atoms with Crippen LogP contribution in [0.1, 0.15) is 28.4 Å². The van der Waals surface area contributed by atoms with Crippen LogP contribution in [0.4, 0.5) is 0 Å². The van der Waals surface area contributed by atoms with Gasteiger partial charge in [-0.05, 0) is 70.9 Å².